The van der Waals surface area contributed by atoms with Crippen LogP contribution in [0.4, 0.5) is 0 Å². The summed E-state index contributed by atoms with van der Waals surface area (Å²) in [6, 6.07) is 0.636. The normalized spacial score (nSPS) is 11.9. The number of imidazole rings is 1. The predicted octanol–water partition coefficient (Wildman–Crippen LogP) is 4.29. The van der Waals surface area contributed by atoms with Crippen molar-refractivity contribution in [3.63, 3.8) is 0 Å². The summed E-state index contributed by atoms with van der Waals surface area (Å²) in [5.41, 5.74) is 0. The second-order valence-corrected chi connectivity index (χ2v) is 7.61. The average Bonchev–Trinajstić information content (AvgIpc) is 3.16. The molecule has 0 spiro atoms. The third-order valence-electron chi connectivity index (χ3n) is 5.33. The molecule has 0 amide bonds. The Labute approximate surface area is 173 Å². The number of aromatic amines is 1. The highest BCUT2D eigenvalue weighted by molar-refractivity contribution is 4.69. The highest BCUT2D eigenvalue weighted by Gasteiger charge is 2.13. The Kier molecular flexibility index (Phi) is 18.8. The number of allylic oxidation sites excluding steroid dienone is 1. The summed E-state index contributed by atoms with van der Waals surface area (Å²) in [7, 11) is 0. The van der Waals surface area contributed by atoms with Gasteiger partial charge in [0.1, 0.15) is 18.4 Å². The average molecular weight is 428 g/mol. The molecule has 1 unspecified atom stereocenters. The topological polar surface area (TPSA) is 19.7 Å². The lowest BCUT2D eigenvalue weighted by Crippen LogP contribution is -3.00. The Morgan fingerprint density at radius 2 is 1.38 bits per heavy atom. The first-order valence-electron chi connectivity index (χ1n) is 11.0. The van der Waals surface area contributed by atoms with E-state index in [0.717, 1.165) is 6.42 Å². The highest BCUT2D eigenvalue weighted by Crippen LogP contribution is 2.18. The van der Waals surface area contributed by atoms with E-state index < -0.39 is 0 Å². The van der Waals surface area contributed by atoms with Crippen LogP contribution in [0.5, 0.6) is 0 Å². The van der Waals surface area contributed by atoms with Crippen molar-refractivity contribution in [2.24, 2.45) is 0 Å². The monoisotopic (exact) mass is 426 g/mol. The molecule has 0 bridgehead atoms. The van der Waals surface area contributed by atoms with Gasteiger partial charge in [-0.25, -0.2) is 4.57 Å². The van der Waals surface area contributed by atoms with Crippen molar-refractivity contribution in [2.45, 2.75) is 116 Å². The zero-order valence-corrected chi connectivity index (χ0v) is 18.8. The van der Waals surface area contributed by atoms with E-state index in [2.05, 4.69) is 35.6 Å². The van der Waals surface area contributed by atoms with Gasteiger partial charge in [-0.2, -0.15) is 0 Å². The first kappa shape index (κ1) is 25.4. The van der Waals surface area contributed by atoms with Gasteiger partial charge in [0, 0.05) is 0 Å². The molecule has 2 nitrogen and oxygen atoms in total. The fraction of sp³-hybridized carbons (Fsp3) is 0.783. The second kappa shape index (κ2) is 19.2. The van der Waals surface area contributed by atoms with Crippen molar-refractivity contribution in [3.05, 3.63) is 31.4 Å². The summed E-state index contributed by atoms with van der Waals surface area (Å²) in [6.07, 6.45) is 30.5. The molecular formula is C23H43BrN2. The minimum atomic E-state index is 0. The lowest BCUT2D eigenvalue weighted by atomic mass is 10.0. The molecule has 1 rings (SSSR count). The highest BCUT2D eigenvalue weighted by atomic mass is 79.9. The van der Waals surface area contributed by atoms with Crippen LogP contribution in [0.25, 0.3) is 0 Å². The van der Waals surface area contributed by atoms with Gasteiger partial charge in [-0.1, -0.05) is 90.0 Å². The molecule has 0 radical (unpaired) electrons. The summed E-state index contributed by atoms with van der Waals surface area (Å²) >= 11 is 0. The van der Waals surface area contributed by atoms with Gasteiger partial charge in [-0.15, -0.1) is 6.58 Å². The summed E-state index contributed by atoms with van der Waals surface area (Å²) in [5.74, 6) is 0. The molecule has 0 saturated heterocycles. The van der Waals surface area contributed by atoms with Gasteiger partial charge >= 0.3 is 0 Å². The quantitative estimate of drug-likeness (QED) is 0.205. The molecule has 1 N–H and O–H groups in total. The molecule has 0 saturated carbocycles. The van der Waals surface area contributed by atoms with Crippen molar-refractivity contribution in [2.75, 3.05) is 0 Å². The van der Waals surface area contributed by atoms with Crippen LogP contribution in [0.15, 0.2) is 31.4 Å². The Morgan fingerprint density at radius 1 is 0.846 bits per heavy atom. The van der Waals surface area contributed by atoms with Crippen LogP contribution in [0.2, 0.25) is 0 Å². The van der Waals surface area contributed by atoms with Gasteiger partial charge in [0.05, 0.1) is 0 Å². The molecule has 26 heavy (non-hydrogen) atoms. The van der Waals surface area contributed by atoms with Gasteiger partial charge in [-0.05, 0) is 25.7 Å². The third-order valence-corrected chi connectivity index (χ3v) is 5.33. The molecule has 0 aliphatic heterocycles. The van der Waals surface area contributed by atoms with Crippen molar-refractivity contribution in [1.82, 2.24) is 4.98 Å². The number of hydrogen-bond acceptors (Lipinski definition) is 0. The number of H-pyrrole nitrogens is 1. The SMILES string of the molecule is C=CCCC(CCCCCCCCCCCCCCC)[n+]1cc[nH]c1.[Br-]. The van der Waals surface area contributed by atoms with Crippen LogP contribution in [-0.2, 0) is 0 Å². The molecule has 1 atom stereocenters. The van der Waals surface area contributed by atoms with Crippen molar-refractivity contribution >= 4 is 0 Å². The van der Waals surface area contributed by atoms with Gasteiger partial charge in [0.2, 0.25) is 6.33 Å². The van der Waals surface area contributed by atoms with Gasteiger partial charge in [0.15, 0.2) is 0 Å². The number of nitrogens with zero attached hydrogens (tertiary/aromatic N) is 1. The number of rotatable bonds is 18. The lowest BCUT2D eigenvalue weighted by molar-refractivity contribution is -0.723. The summed E-state index contributed by atoms with van der Waals surface area (Å²) in [6.45, 7) is 6.16. The van der Waals surface area contributed by atoms with E-state index in [9.17, 15) is 0 Å². The zero-order chi connectivity index (χ0) is 18.0. The third kappa shape index (κ3) is 13.6. The molecule has 0 aliphatic rings. The van der Waals surface area contributed by atoms with Crippen LogP contribution in [0.1, 0.15) is 116 Å². The number of unbranched alkanes of at least 4 members (excludes halogenated alkanes) is 12. The first-order chi connectivity index (χ1) is 12.4. The second-order valence-electron chi connectivity index (χ2n) is 7.61. The lowest BCUT2D eigenvalue weighted by Gasteiger charge is -2.12. The molecule has 1 aromatic heterocycles. The van der Waals surface area contributed by atoms with Gasteiger partial charge < -0.3 is 17.0 Å². The van der Waals surface area contributed by atoms with Crippen LogP contribution >= 0.6 is 0 Å². The van der Waals surface area contributed by atoms with E-state index in [4.69, 9.17) is 0 Å². The Morgan fingerprint density at radius 3 is 1.85 bits per heavy atom. The molecule has 3 heteroatoms. The number of aromatic nitrogens is 2. The van der Waals surface area contributed by atoms with Gasteiger partial charge in [0.25, 0.3) is 0 Å². The summed E-state index contributed by atoms with van der Waals surface area (Å²) in [5, 5.41) is 0. The maximum Gasteiger partial charge on any atom is 0.241 e. The van der Waals surface area contributed by atoms with Gasteiger partial charge in [-0.3, -0.25) is 4.98 Å². The van der Waals surface area contributed by atoms with Crippen LogP contribution < -0.4 is 21.5 Å². The van der Waals surface area contributed by atoms with E-state index in [1.54, 1.807) is 0 Å². The fourth-order valence-electron chi connectivity index (χ4n) is 3.68. The van der Waals surface area contributed by atoms with Crippen LogP contribution in [0.3, 0.4) is 0 Å². The first-order valence-corrected chi connectivity index (χ1v) is 11.0. The van der Waals surface area contributed by atoms with E-state index in [1.807, 2.05) is 12.3 Å². The molecule has 1 aromatic rings. The summed E-state index contributed by atoms with van der Waals surface area (Å²) in [4.78, 5) is 3.17. The van der Waals surface area contributed by atoms with E-state index in [0.29, 0.717) is 6.04 Å². The number of hydrogen-bond donors (Lipinski definition) is 1. The smallest absolute Gasteiger partial charge is 0.241 e. The van der Waals surface area contributed by atoms with Crippen molar-refractivity contribution < 1.29 is 21.5 Å². The molecule has 0 fully saturated rings. The maximum absolute atomic E-state index is 3.87. The summed E-state index contributed by atoms with van der Waals surface area (Å²) < 4.78 is 2.34. The van der Waals surface area contributed by atoms with Crippen molar-refractivity contribution in [3.8, 4) is 0 Å². The standard InChI is InChI=1S/C23H42N2.BrH/c1-3-5-7-8-9-10-11-12-13-14-15-16-17-19-23(18-6-4-2)25-21-20-24-22-25;/h4,20-23H,2-3,5-19H2,1H3;1H. The number of nitrogens with one attached hydrogen (secondary N) is 1. The Balaban J connectivity index is 0.00000625. The van der Waals surface area contributed by atoms with E-state index >= 15 is 0 Å². The molecular weight excluding hydrogens is 384 g/mol. The minimum absolute atomic E-state index is 0. The van der Waals surface area contributed by atoms with E-state index in [-0.39, 0.29) is 17.0 Å². The fourth-order valence-corrected chi connectivity index (χ4v) is 3.68. The molecule has 1 heterocycles. The van der Waals surface area contributed by atoms with Crippen LogP contribution in [0, 0.1) is 0 Å². The predicted molar refractivity (Wildman–Crippen MR) is 110 cm³/mol. The molecule has 152 valence electrons. The number of halogens is 1. The zero-order valence-electron chi connectivity index (χ0n) is 17.2. The Bertz CT molecular complexity index is 389. The van der Waals surface area contributed by atoms with E-state index in [1.165, 1.54) is 96.3 Å². The molecule has 0 aromatic carbocycles. The van der Waals surface area contributed by atoms with Crippen molar-refractivity contribution in [1.29, 1.82) is 0 Å². The minimum Gasteiger partial charge on any atom is -1.00 e. The maximum atomic E-state index is 3.87. The Hall–Kier alpha value is -0.570. The largest absolute Gasteiger partial charge is 1.00 e. The molecule has 0 aliphatic carbocycles. The van der Waals surface area contributed by atoms with Crippen LogP contribution in [-0.4, -0.2) is 4.98 Å².